The molecule has 0 aliphatic heterocycles. The Morgan fingerprint density at radius 1 is 0.642 bits per heavy atom. The fourth-order valence-electron chi connectivity index (χ4n) is 5.74. The second kappa shape index (κ2) is 19.6. The van der Waals surface area contributed by atoms with Gasteiger partial charge >= 0.3 is 11.9 Å². The van der Waals surface area contributed by atoms with E-state index in [4.69, 9.17) is 14.2 Å². The van der Waals surface area contributed by atoms with E-state index in [1.807, 2.05) is 94.4 Å². The van der Waals surface area contributed by atoms with Crippen LogP contribution >= 0.6 is 0 Å². The number of phenols is 2. The molecule has 0 bridgehead atoms. The molecule has 278 valence electrons. The van der Waals surface area contributed by atoms with Crippen LogP contribution in [0.15, 0.2) is 97.1 Å². The number of methoxy groups -OCH3 is 3. The molecule has 0 amide bonds. The van der Waals surface area contributed by atoms with Gasteiger partial charge in [-0.15, -0.1) is 13.2 Å². The Balaban J connectivity index is 0.000000286. The summed E-state index contributed by atoms with van der Waals surface area (Å²) < 4.78 is 15.8. The molecule has 4 aromatic rings. The molecular formula is C45H50O8. The van der Waals surface area contributed by atoms with Crippen molar-refractivity contribution in [3.05, 3.63) is 142 Å². The molecule has 0 aromatic heterocycles. The molecule has 0 unspecified atom stereocenters. The number of aromatic carboxylic acids is 1. The Morgan fingerprint density at radius 3 is 1.36 bits per heavy atom. The number of aromatic hydroxyl groups is 2. The van der Waals surface area contributed by atoms with E-state index in [0.717, 1.165) is 33.4 Å². The first-order chi connectivity index (χ1) is 25.2. The number of hydrogen-bond donors (Lipinski definition) is 3. The van der Waals surface area contributed by atoms with Crippen LogP contribution in [0, 0.1) is 0 Å². The standard InChI is InChI=1S/C23H26O4.C22H24O4/c1-15(2)11-12-19-20(26-4)14-18(21(22(19)24)23(25)27-5)13-16(3)17-9-7-6-8-10-17;1-14(2)10-11-18-19(26-4)13-17(20(21(18)23)22(24)25)12-15(3)16-8-6-5-7-9-16/h6-10,13-14,24H,1,11-12H2,2-5H3;5-9,12-13,23H,1,10-11H2,2-4H3,(H,24,25). The number of hydrogen-bond acceptors (Lipinski definition) is 7. The lowest BCUT2D eigenvalue weighted by atomic mass is 9.94. The zero-order chi connectivity index (χ0) is 39.2. The monoisotopic (exact) mass is 718 g/mol. The maximum atomic E-state index is 12.4. The van der Waals surface area contributed by atoms with Crippen LogP contribution < -0.4 is 9.47 Å². The summed E-state index contributed by atoms with van der Waals surface area (Å²) in [5.41, 5.74) is 7.85. The van der Waals surface area contributed by atoms with Crippen molar-refractivity contribution in [2.24, 2.45) is 0 Å². The number of rotatable bonds is 14. The van der Waals surface area contributed by atoms with Gasteiger partial charge in [-0.2, -0.15) is 0 Å². The number of allylic oxidation sites excluding steroid dienone is 4. The van der Waals surface area contributed by atoms with E-state index in [1.165, 1.54) is 14.2 Å². The molecule has 53 heavy (non-hydrogen) atoms. The summed E-state index contributed by atoms with van der Waals surface area (Å²) in [5.74, 6) is -1.10. The van der Waals surface area contributed by atoms with Crippen LogP contribution in [-0.2, 0) is 17.6 Å². The summed E-state index contributed by atoms with van der Waals surface area (Å²) in [5, 5.41) is 31.1. The molecule has 4 aromatic carbocycles. The highest BCUT2D eigenvalue weighted by atomic mass is 16.5. The SMILES string of the molecule is C=C(C)CCc1c(OC)cc(C=C(C)c2ccccc2)c(C(=O)O)c1O.C=C(C)CCc1c(OC)cc(C=C(C)c2ccccc2)c(C(=O)OC)c1O. The molecule has 4 rings (SSSR count). The Hall–Kier alpha value is -6.02. The number of carbonyl (C=O) groups excluding carboxylic acids is 1. The molecule has 8 nitrogen and oxygen atoms in total. The third-order valence-corrected chi connectivity index (χ3v) is 8.64. The quantitative estimate of drug-likeness (QED) is 0.0669. The zero-order valence-electron chi connectivity index (χ0n) is 31.7. The van der Waals surface area contributed by atoms with E-state index in [-0.39, 0.29) is 22.6 Å². The normalized spacial score (nSPS) is 11.2. The van der Waals surface area contributed by atoms with Crippen LogP contribution in [0.25, 0.3) is 23.3 Å². The van der Waals surface area contributed by atoms with Gasteiger partial charge in [-0.3, -0.25) is 0 Å². The minimum Gasteiger partial charge on any atom is -0.507 e. The summed E-state index contributed by atoms with van der Waals surface area (Å²) in [6, 6.07) is 22.9. The van der Waals surface area contributed by atoms with Crippen molar-refractivity contribution in [3.63, 3.8) is 0 Å². The molecule has 3 N–H and O–H groups in total. The Labute approximate surface area is 313 Å². The molecule has 0 saturated heterocycles. The molecule has 0 heterocycles. The molecule has 0 radical (unpaired) electrons. The van der Waals surface area contributed by atoms with Gasteiger partial charge in [0.25, 0.3) is 0 Å². The number of esters is 1. The van der Waals surface area contributed by atoms with Gasteiger partial charge < -0.3 is 29.5 Å². The largest absolute Gasteiger partial charge is 0.507 e. The average molecular weight is 719 g/mol. The highest BCUT2D eigenvalue weighted by Gasteiger charge is 2.24. The van der Waals surface area contributed by atoms with Crippen LogP contribution in [-0.4, -0.2) is 48.6 Å². The van der Waals surface area contributed by atoms with E-state index in [1.54, 1.807) is 25.3 Å². The minimum atomic E-state index is -1.17. The molecular weight excluding hydrogens is 668 g/mol. The van der Waals surface area contributed by atoms with E-state index >= 15 is 0 Å². The maximum absolute atomic E-state index is 12.4. The summed E-state index contributed by atoms with van der Waals surface area (Å²) >= 11 is 0. The van der Waals surface area contributed by atoms with Crippen LogP contribution in [0.1, 0.15) is 94.6 Å². The molecule has 0 saturated carbocycles. The van der Waals surface area contributed by atoms with Gasteiger partial charge in [-0.05, 0) is 98.9 Å². The smallest absolute Gasteiger partial charge is 0.342 e. The number of carbonyl (C=O) groups is 2. The number of carboxylic acid groups (broad SMARTS) is 1. The van der Waals surface area contributed by atoms with Gasteiger partial charge in [0.1, 0.15) is 34.1 Å². The van der Waals surface area contributed by atoms with Crippen molar-refractivity contribution in [1.29, 1.82) is 0 Å². The lowest BCUT2D eigenvalue weighted by molar-refractivity contribution is 0.0595. The zero-order valence-corrected chi connectivity index (χ0v) is 31.7. The first-order valence-corrected chi connectivity index (χ1v) is 17.2. The molecule has 0 spiro atoms. The Morgan fingerprint density at radius 2 is 1.02 bits per heavy atom. The van der Waals surface area contributed by atoms with E-state index in [0.29, 0.717) is 59.4 Å². The minimum absolute atomic E-state index is 0.102. The number of benzene rings is 4. The van der Waals surface area contributed by atoms with Gasteiger partial charge in [-0.25, -0.2) is 9.59 Å². The van der Waals surface area contributed by atoms with Crippen LogP contribution in [0.3, 0.4) is 0 Å². The maximum Gasteiger partial charge on any atom is 0.342 e. The average Bonchev–Trinajstić information content (AvgIpc) is 3.13. The summed E-state index contributed by atoms with van der Waals surface area (Å²) in [6.07, 6.45) is 5.92. The van der Waals surface area contributed by atoms with E-state index in [9.17, 15) is 24.9 Å². The Bertz CT molecular complexity index is 2000. The predicted octanol–water partition coefficient (Wildman–Crippen LogP) is 10.4. The molecule has 0 aliphatic rings. The molecule has 0 fully saturated rings. The van der Waals surface area contributed by atoms with Crippen molar-refractivity contribution >= 4 is 35.2 Å². The topological polar surface area (TPSA) is 123 Å². The van der Waals surface area contributed by atoms with Crippen LogP contribution in [0.4, 0.5) is 0 Å². The van der Waals surface area contributed by atoms with Crippen molar-refractivity contribution in [2.45, 2.75) is 53.4 Å². The van der Waals surface area contributed by atoms with Gasteiger partial charge in [-0.1, -0.05) is 84.0 Å². The molecule has 0 aliphatic carbocycles. The van der Waals surface area contributed by atoms with Crippen LogP contribution in [0.2, 0.25) is 0 Å². The first-order valence-electron chi connectivity index (χ1n) is 17.2. The van der Waals surface area contributed by atoms with Crippen molar-refractivity contribution < 1.29 is 39.1 Å². The summed E-state index contributed by atoms with van der Waals surface area (Å²) in [6.45, 7) is 15.4. The van der Waals surface area contributed by atoms with Gasteiger partial charge in [0, 0.05) is 11.1 Å². The third kappa shape index (κ3) is 11.0. The van der Waals surface area contributed by atoms with Gasteiger partial charge in [0.05, 0.1) is 21.3 Å². The fourth-order valence-corrected chi connectivity index (χ4v) is 5.74. The van der Waals surface area contributed by atoms with Gasteiger partial charge in [0.15, 0.2) is 0 Å². The number of carboxylic acids is 1. The van der Waals surface area contributed by atoms with Gasteiger partial charge in [0.2, 0.25) is 0 Å². The predicted molar refractivity (Wildman–Crippen MR) is 214 cm³/mol. The second-order valence-electron chi connectivity index (χ2n) is 12.8. The van der Waals surface area contributed by atoms with Crippen molar-refractivity contribution in [3.8, 4) is 23.0 Å². The molecule has 0 atom stereocenters. The lowest BCUT2D eigenvalue weighted by Crippen LogP contribution is -2.08. The highest BCUT2D eigenvalue weighted by Crippen LogP contribution is 2.39. The second-order valence-corrected chi connectivity index (χ2v) is 12.8. The van der Waals surface area contributed by atoms with Crippen molar-refractivity contribution in [2.75, 3.05) is 21.3 Å². The van der Waals surface area contributed by atoms with E-state index < -0.39 is 11.9 Å². The lowest BCUT2D eigenvalue weighted by Gasteiger charge is -2.16. The number of ether oxygens (including phenoxy) is 3. The van der Waals surface area contributed by atoms with Crippen LogP contribution in [0.5, 0.6) is 23.0 Å². The summed E-state index contributed by atoms with van der Waals surface area (Å²) in [7, 11) is 4.36. The molecule has 8 heteroatoms. The van der Waals surface area contributed by atoms with Crippen molar-refractivity contribution in [1.82, 2.24) is 0 Å². The van der Waals surface area contributed by atoms with E-state index in [2.05, 4.69) is 13.2 Å². The highest BCUT2D eigenvalue weighted by molar-refractivity contribution is 6.00. The Kier molecular flexibility index (Phi) is 15.3. The first kappa shape index (κ1) is 41.4. The third-order valence-electron chi connectivity index (χ3n) is 8.64. The fraction of sp³-hybridized carbons (Fsp3) is 0.244. The number of phenolic OH excluding ortho intramolecular Hbond substituents is 1. The summed E-state index contributed by atoms with van der Waals surface area (Å²) in [4.78, 5) is 24.2.